The highest BCUT2D eigenvalue weighted by Gasteiger charge is 2.32. The molecule has 1 unspecified atom stereocenters. The second-order valence-electron chi connectivity index (χ2n) is 6.39. The standard InChI is InChI=1S/C16H31N3O/c1-3-13(4-2)18-16(20)12-19(15-8-9-15)11-14-7-5-6-10-17-14/h13-15,17H,3-12H2,1-2H3,(H,18,20). The maximum Gasteiger partial charge on any atom is 0.234 e. The van der Waals surface area contributed by atoms with Crippen LogP contribution in [0.1, 0.15) is 58.8 Å². The van der Waals surface area contributed by atoms with Crippen LogP contribution in [-0.4, -0.2) is 48.6 Å². The SMILES string of the molecule is CCC(CC)NC(=O)CN(CC1CCCCN1)C1CC1. The predicted molar refractivity (Wildman–Crippen MR) is 82.7 cm³/mol. The molecule has 0 aromatic carbocycles. The molecule has 2 aliphatic rings. The number of carbonyl (C=O) groups excluding carboxylic acids is 1. The summed E-state index contributed by atoms with van der Waals surface area (Å²) >= 11 is 0. The lowest BCUT2D eigenvalue weighted by Crippen LogP contribution is -2.48. The average molecular weight is 281 g/mol. The molecule has 2 rings (SSSR count). The Labute approximate surface area is 123 Å². The smallest absolute Gasteiger partial charge is 0.234 e. The molecule has 0 aromatic rings. The molecule has 0 aromatic heterocycles. The molecular formula is C16H31N3O. The third-order valence-electron chi connectivity index (χ3n) is 4.63. The Kier molecular flexibility index (Phi) is 6.30. The fourth-order valence-electron chi connectivity index (χ4n) is 3.10. The molecule has 1 aliphatic heterocycles. The van der Waals surface area contributed by atoms with E-state index in [-0.39, 0.29) is 5.91 Å². The van der Waals surface area contributed by atoms with E-state index in [0.717, 1.165) is 25.9 Å². The van der Waals surface area contributed by atoms with Gasteiger partial charge in [0.25, 0.3) is 0 Å². The Bertz CT molecular complexity index is 294. The highest BCUT2D eigenvalue weighted by Crippen LogP contribution is 2.27. The fourth-order valence-corrected chi connectivity index (χ4v) is 3.10. The van der Waals surface area contributed by atoms with Crippen LogP contribution in [0.2, 0.25) is 0 Å². The molecule has 0 radical (unpaired) electrons. The third-order valence-corrected chi connectivity index (χ3v) is 4.63. The van der Waals surface area contributed by atoms with Crippen molar-refractivity contribution in [1.29, 1.82) is 0 Å². The minimum atomic E-state index is 0.210. The number of nitrogens with zero attached hydrogens (tertiary/aromatic N) is 1. The molecule has 1 atom stereocenters. The second-order valence-corrected chi connectivity index (χ2v) is 6.39. The molecule has 1 amide bonds. The van der Waals surface area contributed by atoms with Gasteiger partial charge < -0.3 is 10.6 Å². The zero-order valence-electron chi connectivity index (χ0n) is 13.2. The molecule has 116 valence electrons. The Balaban J connectivity index is 1.77. The summed E-state index contributed by atoms with van der Waals surface area (Å²) in [6, 6.07) is 1.59. The summed E-state index contributed by atoms with van der Waals surface area (Å²) in [5, 5.41) is 6.76. The Hall–Kier alpha value is -0.610. The summed E-state index contributed by atoms with van der Waals surface area (Å²) < 4.78 is 0. The highest BCUT2D eigenvalue weighted by molar-refractivity contribution is 5.78. The molecule has 4 heteroatoms. The lowest BCUT2D eigenvalue weighted by Gasteiger charge is -2.30. The van der Waals surface area contributed by atoms with Gasteiger partial charge in [-0.25, -0.2) is 0 Å². The van der Waals surface area contributed by atoms with E-state index in [1.807, 2.05) is 0 Å². The van der Waals surface area contributed by atoms with Crippen LogP contribution in [0.5, 0.6) is 0 Å². The molecular weight excluding hydrogens is 250 g/mol. The van der Waals surface area contributed by atoms with Crippen LogP contribution in [0, 0.1) is 0 Å². The predicted octanol–water partition coefficient (Wildman–Crippen LogP) is 1.90. The van der Waals surface area contributed by atoms with Gasteiger partial charge in [-0.05, 0) is 45.1 Å². The Morgan fingerprint density at radius 2 is 2.00 bits per heavy atom. The van der Waals surface area contributed by atoms with Gasteiger partial charge in [0.2, 0.25) is 5.91 Å². The van der Waals surface area contributed by atoms with E-state index >= 15 is 0 Å². The molecule has 1 heterocycles. The summed E-state index contributed by atoms with van der Waals surface area (Å²) in [7, 11) is 0. The van der Waals surface area contributed by atoms with Gasteiger partial charge in [-0.1, -0.05) is 20.3 Å². The lowest BCUT2D eigenvalue weighted by atomic mass is 10.0. The maximum atomic E-state index is 12.2. The Morgan fingerprint density at radius 1 is 1.25 bits per heavy atom. The second kappa shape index (κ2) is 7.99. The van der Waals surface area contributed by atoms with Crippen molar-refractivity contribution in [3.05, 3.63) is 0 Å². The summed E-state index contributed by atoms with van der Waals surface area (Å²) in [4.78, 5) is 14.6. The highest BCUT2D eigenvalue weighted by atomic mass is 16.2. The van der Waals surface area contributed by atoms with Crippen LogP contribution in [0.25, 0.3) is 0 Å². The van der Waals surface area contributed by atoms with Crippen molar-refractivity contribution in [2.45, 2.75) is 76.9 Å². The van der Waals surface area contributed by atoms with Crippen LogP contribution >= 0.6 is 0 Å². The van der Waals surface area contributed by atoms with Crippen LogP contribution < -0.4 is 10.6 Å². The van der Waals surface area contributed by atoms with E-state index in [1.54, 1.807) is 0 Å². The molecule has 1 saturated carbocycles. The minimum Gasteiger partial charge on any atom is -0.352 e. The van der Waals surface area contributed by atoms with E-state index in [4.69, 9.17) is 0 Å². The molecule has 2 N–H and O–H groups in total. The van der Waals surface area contributed by atoms with E-state index in [1.165, 1.54) is 32.1 Å². The number of carbonyl (C=O) groups is 1. The molecule has 20 heavy (non-hydrogen) atoms. The monoisotopic (exact) mass is 281 g/mol. The van der Waals surface area contributed by atoms with Gasteiger partial charge in [-0.15, -0.1) is 0 Å². The molecule has 1 saturated heterocycles. The number of nitrogens with one attached hydrogen (secondary N) is 2. The first kappa shape index (κ1) is 15.8. The number of hydrogen-bond donors (Lipinski definition) is 2. The molecule has 0 spiro atoms. The van der Waals surface area contributed by atoms with Crippen molar-refractivity contribution in [3.63, 3.8) is 0 Å². The van der Waals surface area contributed by atoms with Gasteiger partial charge in [0, 0.05) is 24.7 Å². The van der Waals surface area contributed by atoms with Crippen LogP contribution in [-0.2, 0) is 4.79 Å². The van der Waals surface area contributed by atoms with Gasteiger partial charge in [-0.3, -0.25) is 9.69 Å². The normalized spacial score (nSPS) is 23.3. The van der Waals surface area contributed by atoms with Crippen LogP contribution in [0.3, 0.4) is 0 Å². The molecule has 1 aliphatic carbocycles. The summed E-state index contributed by atoms with van der Waals surface area (Å²) in [5.74, 6) is 0.210. The zero-order chi connectivity index (χ0) is 14.4. The molecule has 4 nitrogen and oxygen atoms in total. The van der Waals surface area contributed by atoms with Crippen molar-refractivity contribution in [2.24, 2.45) is 0 Å². The van der Waals surface area contributed by atoms with Crippen molar-refractivity contribution in [3.8, 4) is 0 Å². The van der Waals surface area contributed by atoms with Crippen LogP contribution in [0.15, 0.2) is 0 Å². The van der Waals surface area contributed by atoms with E-state index in [0.29, 0.717) is 24.7 Å². The summed E-state index contributed by atoms with van der Waals surface area (Å²) in [6.45, 7) is 7.04. The zero-order valence-corrected chi connectivity index (χ0v) is 13.2. The number of piperidine rings is 1. The van der Waals surface area contributed by atoms with E-state index in [2.05, 4.69) is 29.4 Å². The quantitative estimate of drug-likeness (QED) is 0.714. The van der Waals surface area contributed by atoms with E-state index < -0.39 is 0 Å². The van der Waals surface area contributed by atoms with Crippen LogP contribution in [0.4, 0.5) is 0 Å². The molecule has 2 fully saturated rings. The lowest BCUT2D eigenvalue weighted by molar-refractivity contribution is -0.123. The van der Waals surface area contributed by atoms with Crippen molar-refractivity contribution >= 4 is 5.91 Å². The first-order valence-electron chi connectivity index (χ1n) is 8.49. The average Bonchev–Trinajstić information content (AvgIpc) is 3.30. The first-order chi connectivity index (χ1) is 9.72. The van der Waals surface area contributed by atoms with Gasteiger partial charge in [0.05, 0.1) is 6.54 Å². The Morgan fingerprint density at radius 3 is 2.55 bits per heavy atom. The van der Waals surface area contributed by atoms with Gasteiger partial charge >= 0.3 is 0 Å². The van der Waals surface area contributed by atoms with Gasteiger partial charge in [0.1, 0.15) is 0 Å². The largest absolute Gasteiger partial charge is 0.352 e. The van der Waals surface area contributed by atoms with Gasteiger partial charge in [0.15, 0.2) is 0 Å². The fraction of sp³-hybridized carbons (Fsp3) is 0.938. The number of rotatable bonds is 8. The maximum absolute atomic E-state index is 12.2. The number of amides is 1. The minimum absolute atomic E-state index is 0.210. The molecule has 0 bridgehead atoms. The first-order valence-corrected chi connectivity index (χ1v) is 8.49. The summed E-state index contributed by atoms with van der Waals surface area (Å²) in [6.07, 6.45) is 8.48. The van der Waals surface area contributed by atoms with E-state index in [9.17, 15) is 4.79 Å². The van der Waals surface area contributed by atoms with Crippen molar-refractivity contribution < 1.29 is 4.79 Å². The topological polar surface area (TPSA) is 44.4 Å². The third kappa shape index (κ3) is 5.06. The number of hydrogen-bond acceptors (Lipinski definition) is 3. The van der Waals surface area contributed by atoms with Crippen molar-refractivity contribution in [1.82, 2.24) is 15.5 Å². The van der Waals surface area contributed by atoms with Gasteiger partial charge in [-0.2, -0.15) is 0 Å². The summed E-state index contributed by atoms with van der Waals surface area (Å²) in [5.41, 5.74) is 0. The van der Waals surface area contributed by atoms with Crippen molar-refractivity contribution in [2.75, 3.05) is 19.6 Å².